The van der Waals surface area contributed by atoms with Gasteiger partial charge in [0.05, 0.1) is 12.2 Å². The van der Waals surface area contributed by atoms with E-state index < -0.39 is 0 Å². The highest BCUT2D eigenvalue weighted by Gasteiger charge is 2.20. The quantitative estimate of drug-likeness (QED) is 0.867. The molecule has 6 heteroatoms. The van der Waals surface area contributed by atoms with Crippen molar-refractivity contribution in [2.24, 2.45) is 0 Å². The molecule has 6 nitrogen and oxygen atoms in total. The Morgan fingerprint density at radius 2 is 1.83 bits per heavy atom. The highest BCUT2D eigenvalue weighted by Crippen LogP contribution is 2.07. The molecule has 0 spiro atoms. The number of piperazine rings is 1. The molecule has 1 aliphatic heterocycles. The zero-order valence-electron chi connectivity index (χ0n) is 13.8. The third kappa shape index (κ3) is 4.76. The highest BCUT2D eigenvalue weighted by atomic mass is 16.2. The van der Waals surface area contributed by atoms with Crippen LogP contribution in [0.5, 0.6) is 0 Å². The fourth-order valence-electron chi connectivity index (χ4n) is 2.81. The van der Waals surface area contributed by atoms with Crippen molar-refractivity contribution in [1.82, 2.24) is 20.0 Å². The Kier molecular flexibility index (Phi) is 5.74. The highest BCUT2D eigenvalue weighted by molar-refractivity contribution is 5.81. The second kappa shape index (κ2) is 8.40. The number of anilines is 1. The van der Waals surface area contributed by atoms with Gasteiger partial charge >= 0.3 is 0 Å². The summed E-state index contributed by atoms with van der Waals surface area (Å²) in [5.41, 5.74) is 2.00. The Morgan fingerprint density at radius 1 is 1.04 bits per heavy atom. The van der Waals surface area contributed by atoms with Gasteiger partial charge in [-0.2, -0.15) is 10.2 Å². The maximum absolute atomic E-state index is 12.3. The summed E-state index contributed by atoms with van der Waals surface area (Å²) in [7, 11) is 0. The van der Waals surface area contributed by atoms with E-state index in [1.807, 2.05) is 47.4 Å². The first kappa shape index (κ1) is 16.4. The number of nitrogens with zero attached hydrogens (tertiary/aromatic N) is 4. The molecule has 0 saturated carbocycles. The van der Waals surface area contributed by atoms with Crippen LogP contribution in [-0.2, 0) is 11.2 Å². The third-order valence-corrected chi connectivity index (χ3v) is 4.25. The summed E-state index contributed by atoms with van der Waals surface area (Å²) >= 11 is 0. The summed E-state index contributed by atoms with van der Waals surface area (Å²) in [6.45, 7) is 4.72. The van der Waals surface area contributed by atoms with E-state index in [1.54, 1.807) is 6.20 Å². The molecular formula is C18H23N5O. The summed E-state index contributed by atoms with van der Waals surface area (Å²) in [6, 6.07) is 13.7. The van der Waals surface area contributed by atoms with Gasteiger partial charge in [0.25, 0.3) is 0 Å². The van der Waals surface area contributed by atoms with Gasteiger partial charge in [-0.15, -0.1) is 0 Å². The van der Waals surface area contributed by atoms with Gasteiger partial charge in [0, 0.05) is 51.0 Å². The SMILES string of the molecule is O=C(CNc1ccccc1)N1CCN(CCc2cccnn2)CC1. The summed E-state index contributed by atoms with van der Waals surface area (Å²) < 4.78 is 0. The Hall–Kier alpha value is -2.47. The van der Waals surface area contributed by atoms with Crippen LogP contribution in [0.3, 0.4) is 0 Å². The Morgan fingerprint density at radius 3 is 2.54 bits per heavy atom. The first-order valence-electron chi connectivity index (χ1n) is 8.37. The largest absolute Gasteiger partial charge is 0.376 e. The average Bonchev–Trinajstić information content (AvgIpc) is 2.66. The van der Waals surface area contributed by atoms with Crippen LogP contribution in [0.25, 0.3) is 0 Å². The molecular weight excluding hydrogens is 302 g/mol. The zero-order chi connectivity index (χ0) is 16.6. The molecule has 0 radical (unpaired) electrons. The van der Waals surface area contributed by atoms with Crippen molar-refractivity contribution in [3.63, 3.8) is 0 Å². The molecule has 1 aliphatic rings. The predicted octanol–water partition coefficient (Wildman–Crippen LogP) is 1.28. The minimum Gasteiger partial charge on any atom is -0.376 e. The topological polar surface area (TPSA) is 61.4 Å². The van der Waals surface area contributed by atoms with Crippen molar-refractivity contribution in [2.75, 3.05) is 44.6 Å². The Bertz CT molecular complexity index is 626. The van der Waals surface area contributed by atoms with Gasteiger partial charge in [0.15, 0.2) is 0 Å². The number of rotatable bonds is 6. The van der Waals surface area contributed by atoms with Gasteiger partial charge in [0.1, 0.15) is 0 Å². The van der Waals surface area contributed by atoms with E-state index >= 15 is 0 Å². The molecule has 1 fully saturated rings. The van der Waals surface area contributed by atoms with E-state index in [4.69, 9.17) is 0 Å². The normalized spacial score (nSPS) is 15.2. The third-order valence-electron chi connectivity index (χ3n) is 4.25. The molecule has 1 N–H and O–H groups in total. The van der Waals surface area contributed by atoms with Crippen molar-refractivity contribution in [2.45, 2.75) is 6.42 Å². The first-order valence-corrected chi connectivity index (χ1v) is 8.37. The van der Waals surface area contributed by atoms with Crippen LogP contribution < -0.4 is 5.32 Å². The van der Waals surface area contributed by atoms with Gasteiger partial charge in [-0.3, -0.25) is 9.69 Å². The molecule has 1 aromatic carbocycles. The number of benzene rings is 1. The molecule has 1 aromatic heterocycles. The van der Waals surface area contributed by atoms with Crippen molar-refractivity contribution in [3.05, 3.63) is 54.4 Å². The van der Waals surface area contributed by atoms with Crippen LogP contribution in [0.4, 0.5) is 5.69 Å². The summed E-state index contributed by atoms with van der Waals surface area (Å²) in [6.07, 6.45) is 2.59. The molecule has 126 valence electrons. The van der Waals surface area contributed by atoms with Gasteiger partial charge in [-0.25, -0.2) is 0 Å². The summed E-state index contributed by atoms with van der Waals surface area (Å²) in [5, 5.41) is 11.2. The second-order valence-corrected chi connectivity index (χ2v) is 5.91. The molecule has 1 amide bonds. The van der Waals surface area contributed by atoms with Gasteiger partial charge in [-0.05, 0) is 24.3 Å². The van der Waals surface area contributed by atoms with Crippen molar-refractivity contribution in [1.29, 1.82) is 0 Å². The Balaban J connectivity index is 1.37. The van der Waals surface area contributed by atoms with Gasteiger partial charge in [0.2, 0.25) is 5.91 Å². The summed E-state index contributed by atoms with van der Waals surface area (Å²) in [4.78, 5) is 16.6. The van der Waals surface area contributed by atoms with Crippen LogP contribution in [0.15, 0.2) is 48.7 Å². The van der Waals surface area contributed by atoms with Crippen LogP contribution >= 0.6 is 0 Å². The number of aromatic nitrogens is 2. The molecule has 2 aromatic rings. The molecule has 0 atom stereocenters. The number of hydrogen-bond acceptors (Lipinski definition) is 5. The smallest absolute Gasteiger partial charge is 0.241 e. The van der Waals surface area contributed by atoms with Crippen molar-refractivity contribution in [3.8, 4) is 0 Å². The Labute approximate surface area is 142 Å². The number of hydrogen-bond donors (Lipinski definition) is 1. The molecule has 0 aliphatic carbocycles. The van der Waals surface area contributed by atoms with E-state index in [0.717, 1.165) is 50.5 Å². The maximum Gasteiger partial charge on any atom is 0.241 e. The molecule has 0 bridgehead atoms. The molecule has 0 unspecified atom stereocenters. The van der Waals surface area contributed by atoms with Crippen LogP contribution in [0.1, 0.15) is 5.69 Å². The lowest BCUT2D eigenvalue weighted by Gasteiger charge is -2.34. The fourth-order valence-corrected chi connectivity index (χ4v) is 2.81. The first-order chi connectivity index (χ1) is 11.8. The van der Waals surface area contributed by atoms with Gasteiger partial charge < -0.3 is 10.2 Å². The number of carbonyl (C=O) groups is 1. The predicted molar refractivity (Wildman–Crippen MR) is 93.7 cm³/mol. The minimum atomic E-state index is 0.160. The fraction of sp³-hybridized carbons (Fsp3) is 0.389. The zero-order valence-corrected chi connectivity index (χ0v) is 13.8. The van der Waals surface area contributed by atoms with Gasteiger partial charge in [-0.1, -0.05) is 18.2 Å². The van der Waals surface area contributed by atoms with E-state index in [1.165, 1.54) is 0 Å². The lowest BCUT2D eigenvalue weighted by Crippen LogP contribution is -2.50. The van der Waals surface area contributed by atoms with Crippen molar-refractivity contribution >= 4 is 11.6 Å². The van der Waals surface area contributed by atoms with Crippen molar-refractivity contribution < 1.29 is 4.79 Å². The van der Waals surface area contributed by atoms with E-state index in [0.29, 0.717) is 6.54 Å². The van der Waals surface area contributed by atoms with E-state index in [2.05, 4.69) is 20.4 Å². The van der Waals surface area contributed by atoms with E-state index in [9.17, 15) is 4.79 Å². The summed E-state index contributed by atoms with van der Waals surface area (Å²) in [5.74, 6) is 0.160. The lowest BCUT2D eigenvalue weighted by molar-refractivity contribution is -0.131. The minimum absolute atomic E-state index is 0.160. The number of para-hydroxylation sites is 1. The molecule has 2 heterocycles. The standard InChI is InChI=1S/C18H23N5O/c24-18(15-19-16-5-2-1-3-6-16)23-13-11-22(12-14-23)10-8-17-7-4-9-20-21-17/h1-7,9,19H,8,10-15H2. The number of nitrogens with one attached hydrogen (secondary N) is 1. The average molecular weight is 325 g/mol. The lowest BCUT2D eigenvalue weighted by atomic mass is 10.2. The number of carbonyl (C=O) groups excluding carboxylic acids is 1. The van der Waals surface area contributed by atoms with Crippen LogP contribution in [-0.4, -0.2) is 65.2 Å². The molecule has 3 rings (SSSR count). The monoisotopic (exact) mass is 325 g/mol. The second-order valence-electron chi connectivity index (χ2n) is 5.91. The number of amides is 1. The van der Waals surface area contributed by atoms with E-state index in [-0.39, 0.29) is 5.91 Å². The molecule has 24 heavy (non-hydrogen) atoms. The maximum atomic E-state index is 12.3. The van der Waals surface area contributed by atoms with Crippen LogP contribution in [0.2, 0.25) is 0 Å². The molecule has 1 saturated heterocycles. The van der Waals surface area contributed by atoms with Crippen LogP contribution in [0, 0.1) is 0 Å².